The van der Waals surface area contributed by atoms with E-state index in [4.69, 9.17) is 25.8 Å². The molecule has 41 heavy (non-hydrogen) atoms. The second-order valence-electron chi connectivity index (χ2n) is 9.68. The van der Waals surface area contributed by atoms with Gasteiger partial charge in [0.1, 0.15) is 40.2 Å². The third-order valence-electron chi connectivity index (χ3n) is 6.55. The van der Waals surface area contributed by atoms with Gasteiger partial charge in [0.25, 0.3) is 0 Å². The number of halogens is 2. The third-order valence-corrected chi connectivity index (χ3v) is 7.76. The Labute approximate surface area is 242 Å². The standard InChI is InChI=1S/C29H28ClFN4O5S/c1-41(36,37)13-12-38-11-9-29(8-3-10-40-29)27-16-23-25(17-32-27)33-19-34-28(23)35-22-6-7-26(24(30)15-22)39-18-20-4-2-5-21(31)14-20/h2-7,10,14-17,19H,8-9,11-13,18H2,1H3,(H,33,34,35). The maximum Gasteiger partial charge on any atom is 0.155 e. The van der Waals surface area contributed by atoms with Crippen molar-refractivity contribution >= 4 is 43.8 Å². The molecule has 214 valence electrons. The molecule has 0 amide bonds. The number of anilines is 2. The van der Waals surface area contributed by atoms with Crippen LogP contribution < -0.4 is 10.1 Å². The second kappa shape index (κ2) is 12.4. The number of nitrogens with one attached hydrogen (secondary N) is 1. The molecule has 1 atom stereocenters. The quantitative estimate of drug-likeness (QED) is 0.205. The number of sulfone groups is 1. The molecule has 0 saturated carbocycles. The van der Waals surface area contributed by atoms with Gasteiger partial charge < -0.3 is 19.5 Å². The molecule has 2 aromatic carbocycles. The lowest BCUT2D eigenvalue weighted by Gasteiger charge is -2.28. The number of hydrogen-bond acceptors (Lipinski definition) is 9. The summed E-state index contributed by atoms with van der Waals surface area (Å²) in [6, 6.07) is 13.3. The Bertz CT molecular complexity index is 1680. The van der Waals surface area contributed by atoms with Gasteiger partial charge in [-0.05, 0) is 48.0 Å². The van der Waals surface area contributed by atoms with E-state index in [1.807, 2.05) is 18.2 Å². The summed E-state index contributed by atoms with van der Waals surface area (Å²) in [6.07, 6.45) is 8.92. The largest absolute Gasteiger partial charge is 0.488 e. The smallest absolute Gasteiger partial charge is 0.155 e. The lowest BCUT2D eigenvalue weighted by Crippen LogP contribution is -2.28. The zero-order valence-electron chi connectivity index (χ0n) is 22.2. The van der Waals surface area contributed by atoms with E-state index in [1.165, 1.54) is 24.7 Å². The van der Waals surface area contributed by atoms with Crippen molar-refractivity contribution < 1.29 is 27.0 Å². The first kappa shape index (κ1) is 28.7. The minimum Gasteiger partial charge on any atom is -0.488 e. The van der Waals surface area contributed by atoms with Crippen LogP contribution >= 0.6 is 11.6 Å². The highest BCUT2D eigenvalue weighted by Crippen LogP contribution is 2.39. The number of fused-ring (bicyclic) bond motifs is 1. The van der Waals surface area contributed by atoms with Crippen molar-refractivity contribution in [1.29, 1.82) is 0 Å². The van der Waals surface area contributed by atoms with Gasteiger partial charge in [0, 0.05) is 30.2 Å². The molecule has 1 aliphatic heterocycles. The summed E-state index contributed by atoms with van der Waals surface area (Å²) in [5, 5.41) is 4.41. The Hall–Kier alpha value is -3.80. The normalized spacial score (nSPS) is 16.6. The Balaban J connectivity index is 1.32. The molecular weight excluding hydrogens is 571 g/mol. The fourth-order valence-electron chi connectivity index (χ4n) is 4.40. The van der Waals surface area contributed by atoms with Gasteiger partial charge in [0.05, 0.1) is 47.7 Å². The van der Waals surface area contributed by atoms with Crippen LogP contribution in [0.15, 0.2) is 73.4 Å². The summed E-state index contributed by atoms with van der Waals surface area (Å²) >= 11 is 6.49. The molecule has 0 spiro atoms. The predicted octanol–water partition coefficient (Wildman–Crippen LogP) is 5.72. The number of rotatable bonds is 12. The van der Waals surface area contributed by atoms with Gasteiger partial charge in [0.2, 0.25) is 0 Å². The summed E-state index contributed by atoms with van der Waals surface area (Å²) in [4.78, 5) is 13.4. The zero-order chi connectivity index (χ0) is 28.9. The molecule has 0 saturated heterocycles. The predicted molar refractivity (Wildman–Crippen MR) is 154 cm³/mol. The van der Waals surface area contributed by atoms with E-state index in [1.54, 1.807) is 36.7 Å². The zero-order valence-corrected chi connectivity index (χ0v) is 23.8. The summed E-state index contributed by atoms with van der Waals surface area (Å²) in [5.74, 6) is 0.650. The van der Waals surface area contributed by atoms with E-state index in [0.717, 1.165) is 5.39 Å². The first-order valence-electron chi connectivity index (χ1n) is 12.8. The highest BCUT2D eigenvalue weighted by atomic mass is 35.5. The van der Waals surface area contributed by atoms with Gasteiger partial charge >= 0.3 is 0 Å². The average Bonchev–Trinajstić information content (AvgIpc) is 3.42. The van der Waals surface area contributed by atoms with Gasteiger partial charge in [-0.25, -0.2) is 22.8 Å². The Morgan fingerprint density at radius 3 is 2.76 bits per heavy atom. The minimum absolute atomic E-state index is 0.0379. The molecule has 12 heteroatoms. The van der Waals surface area contributed by atoms with E-state index < -0.39 is 15.4 Å². The highest BCUT2D eigenvalue weighted by Gasteiger charge is 2.37. The number of ether oxygens (including phenoxy) is 3. The second-order valence-corrected chi connectivity index (χ2v) is 12.3. The first-order valence-corrected chi connectivity index (χ1v) is 15.3. The Morgan fingerprint density at radius 1 is 1.12 bits per heavy atom. The molecule has 0 fully saturated rings. The van der Waals surface area contributed by atoms with Crippen LogP contribution in [0.1, 0.15) is 24.1 Å². The number of nitrogens with zero attached hydrogens (tertiary/aromatic N) is 3. The van der Waals surface area contributed by atoms with Gasteiger partial charge in [-0.3, -0.25) is 4.98 Å². The number of aromatic nitrogens is 3. The van der Waals surface area contributed by atoms with Crippen molar-refractivity contribution in [2.45, 2.75) is 25.0 Å². The molecule has 3 heterocycles. The molecular formula is C29H28ClFN4O5S. The van der Waals surface area contributed by atoms with Crippen molar-refractivity contribution in [1.82, 2.24) is 15.0 Å². The fourth-order valence-corrected chi connectivity index (χ4v) is 5.05. The lowest BCUT2D eigenvalue weighted by atomic mass is 9.91. The average molecular weight is 599 g/mol. The summed E-state index contributed by atoms with van der Waals surface area (Å²) < 4.78 is 53.6. The van der Waals surface area contributed by atoms with E-state index in [2.05, 4.69) is 20.3 Å². The van der Waals surface area contributed by atoms with Crippen LogP contribution in [0, 0.1) is 5.82 Å². The number of pyridine rings is 1. The molecule has 9 nitrogen and oxygen atoms in total. The van der Waals surface area contributed by atoms with Crippen LogP contribution in [-0.4, -0.2) is 48.6 Å². The van der Waals surface area contributed by atoms with Gasteiger partial charge in [-0.2, -0.15) is 0 Å². The minimum atomic E-state index is -3.10. The molecule has 0 aliphatic carbocycles. The molecule has 1 N–H and O–H groups in total. The van der Waals surface area contributed by atoms with Crippen molar-refractivity contribution in [2.75, 3.05) is 30.5 Å². The van der Waals surface area contributed by atoms with Crippen LogP contribution in [0.5, 0.6) is 5.75 Å². The summed E-state index contributed by atoms with van der Waals surface area (Å²) in [5.41, 5.74) is 1.94. The molecule has 4 aromatic rings. The molecule has 1 unspecified atom stereocenters. The van der Waals surface area contributed by atoms with Crippen LogP contribution in [-0.2, 0) is 31.5 Å². The van der Waals surface area contributed by atoms with Gasteiger partial charge in [-0.15, -0.1) is 0 Å². The summed E-state index contributed by atoms with van der Waals surface area (Å²) in [6.45, 7) is 0.601. The first-order chi connectivity index (χ1) is 19.7. The Morgan fingerprint density at radius 2 is 2.00 bits per heavy atom. The SMILES string of the molecule is CS(=O)(=O)CCOCCC1(c2cc3c(Nc4ccc(OCc5cccc(F)c5)c(Cl)c4)ncnc3cn2)CC=CO1. The Kier molecular flexibility index (Phi) is 8.67. The number of hydrogen-bond donors (Lipinski definition) is 1. The maximum atomic E-state index is 13.5. The molecule has 1 aliphatic rings. The molecule has 2 aromatic heterocycles. The summed E-state index contributed by atoms with van der Waals surface area (Å²) in [7, 11) is -3.10. The van der Waals surface area contributed by atoms with E-state index in [0.29, 0.717) is 58.5 Å². The molecule has 5 rings (SSSR count). The van der Waals surface area contributed by atoms with Crippen molar-refractivity contribution in [3.8, 4) is 5.75 Å². The number of benzene rings is 2. The lowest BCUT2D eigenvalue weighted by molar-refractivity contribution is -0.000444. The van der Waals surface area contributed by atoms with Gasteiger partial charge in [-0.1, -0.05) is 23.7 Å². The fraction of sp³-hybridized carbons (Fsp3) is 0.276. The van der Waals surface area contributed by atoms with Crippen molar-refractivity contribution in [3.63, 3.8) is 0 Å². The van der Waals surface area contributed by atoms with Gasteiger partial charge in [0.15, 0.2) is 5.60 Å². The van der Waals surface area contributed by atoms with Crippen LogP contribution in [0.4, 0.5) is 15.9 Å². The van der Waals surface area contributed by atoms with E-state index >= 15 is 0 Å². The monoisotopic (exact) mass is 598 g/mol. The van der Waals surface area contributed by atoms with E-state index in [-0.39, 0.29) is 24.8 Å². The highest BCUT2D eigenvalue weighted by molar-refractivity contribution is 7.90. The van der Waals surface area contributed by atoms with Crippen LogP contribution in [0.25, 0.3) is 10.9 Å². The topological polar surface area (TPSA) is 113 Å². The van der Waals surface area contributed by atoms with Crippen LogP contribution in [0.3, 0.4) is 0 Å². The van der Waals surface area contributed by atoms with Crippen molar-refractivity contribution in [3.05, 3.63) is 95.5 Å². The molecule has 0 bridgehead atoms. The van der Waals surface area contributed by atoms with Crippen LogP contribution in [0.2, 0.25) is 5.02 Å². The maximum absolute atomic E-state index is 13.5. The molecule has 0 radical (unpaired) electrons. The van der Waals surface area contributed by atoms with Crippen molar-refractivity contribution in [2.24, 2.45) is 0 Å². The van der Waals surface area contributed by atoms with E-state index in [9.17, 15) is 12.8 Å². The third kappa shape index (κ3) is 7.29.